The van der Waals surface area contributed by atoms with Crippen LogP contribution in [0.2, 0.25) is 0 Å². The van der Waals surface area contributed by atoms with Gasteiger partial charge in [0.15, 0.2) is 11.3 Å². The van der Waals surface area contributed by atoms with Gasteiger partial charge in [-0.15, -0.1) is 0 Å². The fraction of sp³-hybridized carbons (Fsp3) is 0.0769. The third-order valence-corrected chi connectivity index (χ3v) is 2.48. The number of oxazole rings is 1. The second kappa shape index (κ2) is 4.37. The first-order valence-electron chi connectivity index (χ1n) is 5.49. The van der Waals surface area contributed by atoms with Crippen molar-refractivity contribution in [2.45, 2.75) is 6.54 Å². The SMILES string of the molecule is O=C(NCc1nc2ccccc2o1)c1ccco1. The summed E-state index contributed by atoms with van der Waals surface area (Å²) in [6.45, 7) is 0.230. The minimum atomic E-state index is -0.290. The van der Waals surface area contributed by atoms with E-state index >= 15 is 0 Å². The molecule has 0 aliphatic rings. The molecule has 0 unspecified atom stereocenters. The Morgan fingerprint density at radius 3 is 2.89 bits per heavy atom. The molecule has 2 aromatic heterocycles. The molecule has 1 amide bonds. The lowest BCUT2D eigenvalue weighted by Gasteiger charge is -1.98. The molecule has 1 N–H and O–H groups in total. The van der Waals surface area contributed by atoms with E-state index in [1.807, 2.05) is 24.3 Å². The standard InChI is InChI=1S/C13H10N2O3/c16-13(11-6-3-7-17-11)14-8-12-15-9-4-1-2-5-10(9)18-12/h1-7H,8H2,(H,14,16). The summed E-state index contributed by atoms with van der Waals surface area (Å²) in [5, 5.41) is 2.67. The largest absolute Gasteiger partial charge is 0.459 e. The summed E-state index contributed by atoms with van der Waals surface area (Å²) in [6.07, 6.45) is 1.45. The van der Waals surface area contributed by atoms with Crippen molar-refractivity contribution in [2.24, 2.45) is 0 Å². The maximum Gasteiger partial charge on any atom is 0.287 e. The Balaban J connectivity index is 1.71. The highest BCUT2D eigenvalue weighted by atomic mass is 16.4. The van der Waals surface area contributed by atoms with Crippen molar-refractivity contribution >= 4 is 17.0 Å². The number of rotatable bonds is 3. The Morgan fingerprint density at radius 1 is 1.22 bits per heavy atom. The van der Waals surface area contributed by atoms with Crippen LogP contribution in [0.3, 0.4) is 0 Å². The van der Waals surface area contributed by atoms with Gasteiger partial charge in [0, 0.05) is 0 Å². The second-order valence-corrected chi connectivity index (χ2v) is 3.74. The molecule has 90 valence electrons. The van der Waals surface area contributed by atoms with Gasteiger partial charge in [-0.2, -0.15) is 0 Å². The van der Waals surface area contributed by atoms with Gasteiger partial charge < -0.3 is 14.2 Å². The molecule has 3 rings (SSSR count). The van der Waals surface area contributed by atoms with E-state index < -0.39 is 0 Å². The third kappa shape index (κ3) is 1.98. The molecule has 0 radical (unpaired) electrons. The number of furan rings is 1. The zero-order chi connectivity index (χ0) is 12.4. The molecule has 0 saturated carbocycles. The predicted molar refractivity (Wildman–Crippen MR) is 63.9 cm³/mol. The van der Waals surface area contributed by atoms with Crippen molar-refractivity contribution in [2.75, 3.05) is 0 Å². The number of nitrogens with zero attached hydrogens (tertiary/aromatic N) is 1. The van der Waals surface area contributed by atoms with Crippen LogP contribution < -0.4 is 5.32 Å². The van der Waals surface area contributed by atoms with Crippen molar-refractivity contribution < 1.29 is 13.6 Å². The minimum Gasteiger partial charge on any atom is -0.459 e. The number of para-hydroxylation sites is 2. The lowest BCUT2D eigenvalue weighted by atomic mass is 10.3. The zero-order valence-electron chi connectivity index (χ0n) is 9.42. The van der Waals surface area contributed by atoms with E-state index in [1.165, 1.54) is 6.26 Å². The van der Waals surface area contributed by atoms with Gasteiger partial charge >= 0.3 is 0 Å². The normalized spacial score (nSPS) is 10.7. The Hall–Kier alpha value is -2.56. The molecular formula is C13H10N2O3. The Bertz CT molecular complexity index is 637. The van der Waals surface area contributed by atoms with Gasteiger partial charge in [0.1, 0.15) is 5.52 Å². The fourth-order valence-corrected chi connectivity index (χ4v) is 1.65. The summed E-state index contributed by atoms with van der Waals surface area (Å²) in [6, 6.07) is 10.7. The monoisotopic (exact) mass is 242 g/mol. The molecule has 0 aliphatic heterocycles. The van der Waals surface area contributed by atoms with E-state index in [1.54, 1.807) is 12.1 Å². The van der Waals surface area contributed by atoms with E-state index in [2.05, 4.69) is 10.3 Å². The predicted octanol–water partition coefficient (Wildman–Crippen LogP) is 2.35. The van der Waals surface area contributed by atoms with E-state index in [0.29, 0.717) is 11.5 Å². The molecule has 0 saturated heterocycles. The third-order valence-electron chi connectivity index (χ3n) is 2.48. The molecule has 1 aromatic carbocycles. The number of nitrogens with one attached hydrogen (secondary N) is 1. The molecule has 5 heteroatoms. The number of hydrogen-bond acceptors (Lipinski definition) is 4. The topological polar surface area (TPSA) is 68.3 Å². The zero-order valence-corrected chi connectivity index (χ0v) is 9.42. The minimum absolute atomic E-state index is 0.230. The van der Waals surface area contributed by atoms with Gasteiger partial charge in [-0.1, -0.05) is 12.1 Å². The summed E-state index contributed by atoms with van der Waals surface area (Å²) >= 11 is 0. The van der Waals surface area contributed by atoms with Gasteiger partial charge in [0.25, 0.3) is 5.91 Å². The highest BCUT2D eigenvalue weighted by Crippen LogP contribution is 2.14. The van der Waals surface area contributed by atoms with Crippen molar-refractivity contribution in [3.63, 3.8) is 0 Å². The highest BCUT2D eigenvalue weighted by Gasteiger charge is 2.10. The molecule has 5 nitrogen and oxygen atoms in total. The Labute approximate surface area is 102 Å². The molecule has 0 aliphatic carbocycles. The molecule has 0 atom stereocenters. The van der Waals surface area contributed by atoms with Crippen molar-refractivity contribution in [3.05, 3.63) is 54.3 Å². The fourth-order valence-electron chi connectivity index (χ4n) is 1.65. The van der Waals surface area contributed by atoms with Gasteiger partial charge in [0.2, 0.25) is 5.89 Å². The summed E-state index contributed by atoms with van der Waals surface area (Å²) < 4.78 is 10.5. The number of aromatic nitrogens is 1. The summed E-state index contributed by atoms with van der Waals surface area (Å²) in [5.41, 5.74) is 1.49. The molecule has 0 fully saturated rings. The highest BCUT2D eigenvalue weighted by molar-refractivity contribution is 5.91. The van der Waals surface area contributed by atoms with Crippen molar-refractivity contribution in [1.29, 1.82) is 0 Å². The molecule has 2 heterocycles. The lowest BCUT2D eigenvalue weighted by Crippen LogP contribution is -2.22. The first-order chi connectivity index (χ1) is 8.83. The van der Waals surface area contributed by atoms with Crippen molar-refractivity contribution in [1.82, 2.24) is 10.3 Å². The van der Waals surface area contributed by atoms with Crippen LogP contribution in [0, 0.1) is 0 Å². The number of carbonyl (C=O) groups excluding carboxylic acids is 1. The first kappa shape index (κ1) is 10.6. The van der Waals surface area contributed by atoms with Crippen LogP contribution in [0.5, 0.6) is 0 Å². The van der Waals surface area contributed by atoms with Gasteiger partial charge in [-0.25, -0.2) is 4.98 Å². The van der Waals surface area contributed by atoms with Crippen LogP contribution >= 0.6 is 0 Å². The molecule has 0 bridgehead atoms. The van der Waals surface area contributed by atoms with E-state index in [9.17, 15) is 4.79 Å². The van der Waals surface area contributed by atoms with Crippen molar-refractivity contribution in [3.8, 4) is 0 Å². The molecular weight excluding hydrogens is 232 g/mol. The van der Waals surface area contributed by atoms with Crippen LogP contribution in [-0.4, -0.2) is 10.9 Å². The smallest absolute Gasteiger partial charge is 0.287 e. The van der Waals surface area contributed by atoms with E-state index in [-0.39, 0.29) is 18.2 Å². The van der Waals surface area contributed by atoms with Crippen LogP contribution in [0.25, 0.3) is 11.1 Å². The van der Waals surface area contributed by atoms with E-state index in [0.717, 1.165) is 5.52 Å². The van der Waals surface area contributed by atoms with Gasteiger partial charge in [0.05, 0.1) is 12.8 Å². The Morgan fingerprint density at radius 2 is 2.11 bits per heavy atom. The van der Waals surface area contributed by atoms with Gasteiger partial charge in [-0.05, 0) is 24.3 Å². The Kier molecular flexibility index (Phi) is 2.57. The quantitative estimate of drug-likeness (QED) is 0.765. The lowest BCUT2D eigenvalue weighted by molar-refractivity contribution is 0.0919. The van der Waals surface area contributed by atoms with Crippen LogP contribution in [0.4, 0.5) is 0 Å². The van der Waals surface area contributed by atoms with Crippen LogP contribution in [0.15, 0.2) is 51.5 Å². The maximum absolute atomic E-state index is 11.6. The average molecular weight is 242 g/mol. The van der Waals surface area contributed by atoms with Gasteiger partial charge in [-0.3, -0.25) is 4.79 Å². The summed E-state index contributed by atoms with van der Waals surface area (Å²) in [5.74, 6) is 0.449. The number of benzene rings is 1. The van der Waals surface area contributed by atoms with E-state index in [4.69, 9.17) is 8.83 Å². The van der Waals surface area contributed by atoms with Crippen LogP contribution in [0.1, 0.15) is 16.4 Å². The molecule has 3 aromatic rings. The molecule has 0 spiro atoms. The number of fused-ring (bicyclic) bond motifs is 1. The maximum atomic E-state index is 11.6. The summed E-state index contributed by atoms with van der Waals surface area (Å²) in [4.78, 5) is 15.9. The molecule has 18 heavy (non-hydrogen) atoms. The number of carbonyl (C=O) groups is 1. The number of amides is 1. The second-order valence-electron chi connectivity index (χ2n) is 3.74. The average Bonchev–Trinajstić information content (AvgIpc) is 3.04. The van der Waals surface area contributed by atoms with Crippen LogP contribution in [-0.2, 0) is 6.54 Å². The number of hydrogen-bond donors (Lipinski definition) is 1. The first-order valence-corrected chi connectivity index (χ1v) is 5.49. The summed E-state index contributed by atoms with van der Waals surface area (Å²) in [7, 11) is 0.